The van der Waals surface area contributed by atoms with Gasteiger partial charge in [0.1, 0.15) is 17.2 Å². The number of para-hydroxylation sites is 1. The lowest BCUT2D eigenvalue weighted by atomic mass is 9.75. The summed E-state index contributed by atoms with van der Waals surface area (Å²) in [6.07, 6.45) is 1.69. The Labute approximate surface area is 280 Å². The van der Waals surface area contributed by atoms with Crippen LogP contribution in [0.5, 0.6) is 17.2 Å². The largest absolute Gasteiger partial charge is 0.493 e. The van der Waals surface area contributed by atoms with Gasteiger partial charge in [-0.2, -0.15) is 20.1 Å². The lowest BCUT2D eigenvalue weighted by molar-refractivity contribution is -0.138. The first-order valence-corrected chi connectivity index (χ1v) is 16.4. The topological polar surface area (TPSA) is 131 Å². The van der Waals surface area contributed by atoms with Crippen molar-refractivity contribution in [1.29, 1.82) is 0 Å². The lowest BCUT2D eigenvalue weighted by Gasteiger charge is -2.37. The highest BCUT2D eigenvalue weighted by Gasteiger charge is 2.34. The zero-order chi connectivity index (χ0) is 34.0. The molecule has 0 aliphatic heterocycles. The maximum absolute atomic E-state index is 13.3. The number of benzene rings is 3. The highest BCUT2D eigenvalue weighted by molar-refractivity contribution is 7.08. The molecule has 12 heteroatoms. The third-order valence-electron chi connectivity index (χ3n) is 8.04. The fourth-order valence-electron chi connectivity index (χ4n) is 5.65. The number of halogens is 2. The van der Waals surface area contributed by atoms with Gasteiger partial charge in [0.05, 0.1) is 12.7 Å². The van der Waals surface area contributed by atoms with Gasteiger partial charge in [-0.05, 0) is 101 Å². The van der Waals surface area contributed by atoms with Crippen LogP contribution in [0.1, 0.15) is 65.1 Å². The number of hydrogen-bond acceptors (Lipinski definition) is 7. The number of nitrogens with one attached hydrogen (secondary N) is 1. The van der Waals surface area contributed by atoms with Crippen LogP contribution in [0.25, 0.3) is 11.1 Å². The summed E-state index contributed by atoms with van der Waals surface area (Å²) in [5, 5.41) is 25.0. The Hall–Kier alpha value is -4.97. The Morgan fingerprint density at radius 1 is 0.917 bits per heavy atom. The molecule has 0 spiro atoms. The monoisotopic (exact) mass is 679 g/mol. The molecule has 1 heterocycles. The molecule has 0 atom stereocenters. The maximum Gasteiger partial charge on any atom is 0.387 e. The van der Waals surface area contributed by atoms with E-state index in [1.54, 1.807) is 36.4 Å². The average Bonchev–Trinajstić information content (AvgIpc) is 3.58. The molecule has 48 heavy (non-hydrogen) atoms. The highest BCUT2D eigenvalue weighted by atomic mass is 32.1. The Kier molecular flexibility index (Phi) is 11.6. The number of aliphatic carboxylic acids is 2. The molecule has 3 N–H and O–H groups in total. The number of rotatable bonds is 17. The van der Waals surface area contributed by atoms with Gasteiger partial charge in [0.15, 0.2) is 0 Å². The van der Waals surface area contributed by atoms with Crippen molar-refractivity contribution in [3.05, 3.63) is 99.7 Å². The van der Waals surface area contributed by atoms with Crippen LogP contribution in [0.15, 0.2) is 77.5 Å². The van der Waals surface area contributed by atoms with Crippen molar-refractivity contribution in [2.45, 2.75) is 63.7 Å². The Bertz CT molecular complexity index is 1720. The van der Waals surface area contributed by atoms with Crippen molar-refractivity contribution in [3.8, 4) is 28.4 Å². The molecule has 0 bridgehead atoms. The standard InChI is InChI=1S/C36H35F2NO8S/c37-36(38)47-31-7-2-1-5-22(31)20-39-35(44)26-15-24(23-12-14-48-21-23)16-27(19-26)46-28-17-25(18-28)29-6-3-8-32(30(29)10-11-34(42)43)45-13-4-9-33(40)41/h1-3,5-8,12,14-16,19,21,25,28,36H,4,9-11,13,17-18,20H2,(H,39,44)(H,40,41)(H,42,43). The lowest BCUT2D eigenvalue weighted by Crippen LogP contribution is -2.33. The van der Waals surface area contributed by atoms with Crippen LogP contribution in [-0.2, 0) is 22.6 Å². The van der Waals surface area contributed by atoms with E-state index in [0.717, 1.165) is 22.3 Å². The van der Waals surface area contributed by atoms with Crippen LogP contribution >= 0.6 is 11.3 Å². The van der Waals surface area contributed by atoms with E-state index in [0.29, 0.717) is 41.9 Å². The van der Waals surface area contributed by atoms with E-state index >= 15 is 0 Å². The summed E-state index contributed by atoms with van der Waals surface area (Å²) in [6, 6.07) is 19.1. The van der Waals surface area contributed by atoms with Crippen molar-refractivity contribution < 1.29 is 47.6 Å². The van der Waals surface area contributed by atoms with E-state index < -0.39 is 24.5 Å². The molecule has 1 aliphatic rings. The normalized spacial score (nSPS) is 15.4. The molecule has 1 amide bonds. The second kappa shape index (κ2) is 16.2. The SMILES string of the molecule is O=C(O)CCCOc1cccc(C2CC(Oc3cc(C(=O)NCc4ccccc4OC(F)F)cc(-c4ccsc4)c3)C2)c1CCC(=O)O. The molecule has 252 valence electrons. The number of carboxylic acid groups (broad SMARTS) is 2. The third kappa shape index (κ3) is 9.31. The summed E-state index contributed by atoms with van der Waals surface area (Å²) >= 11 is 1.52. The molecule has 1 aromatic heterocycles. The number of carbonyl (C=O) groups is 3. The fourth-order valence-corrected chi connectivity index (χ4v) is 6.31. The van der Waals surface area contributed by atoms with Gasteiger partial charge >= 0.3 is 18.6 Å². The number of hydrogen-bond donors (Lipinski definition) is 3. The highest BCUT2D eigenvalue weighted by Crippen LogP contribution is 2.43. The molecule has 4 aromatic rings. The summed E-state index contributed by atoms with van der Waals surface area (Å²) < 4.78 is 42.6. The fraction of sp³-hybridized carbons (Fsp3) is 0.306. The molecule has 0 saturated heterocycles. The third-order valence-corrected chi connectivity index (χ3v) is 8.72. The quantitative estimate of drug-likeness (QED) is 0.0977. The Balaban J connectivity index is 1.29. The zero-order valence-electron chi connectivity index (χ0n) is 25.9. The van der Waals surface area contributed by atoms with E-state index in [2.05, 4.69) is 10.1 Å². The van der Waals surface area contributed by atoms with Crippen LogP contribution in [0, 0.1) is 0 Å². The van der Waals surface area contributed by atoms with E-state index in [9.17, 15) is 28.3 Å². The van der Waals surface area contributed by atoms with Gasteiger partial charge in [0.2, 0.25) is 0 Å². The Morgan fingerprint density at radius 2 is 1.69 bits per heavy atom. The maximum atomic E-state index is 13.3. The number of carboxylic acids is 2. The van der Waals surface area contributed by atoms with Crippen LogP contribution in [0.4, 0.5) is 8.78 Å². The molecule has 0 radical (unpaired) electrons. The van der Waals surface area contributed by atoms with E-state index in [1.165, 1.54) is 17.4 Å². The van der Waals surface area contributed by atoms with Crippen molar-refractivity contribution in [2.75, 3.05) is 6.61 Å². The van der Waals surface area contributed by atoms with Crippen LogP contribution in [0.3, 0.4) is 0 Å². The number of alkyl halides is 2. The van der Waals surface area contributed by atoms with E-state index in [1.807, 2.05) is 35.0 Å². The number of thiophene rings is 1. The van der Waals surface area contributed by atoms with Crippen molar-refractivity contribution in [2.24, 2.45) is 0 Å². The first-order chi connectivity index (χ1) is 23.2. The predicted molar refractivity (Wildman–Crippen MR) is 175 cm³/mol. The van der Waals surface area contributed by atoms with Crippen molar-refractivity contribution >= 4 is 29.2 Å². The second-order valence-electron chi connectivity index (χ2n) is 11.4. The number of carbonyl (C=O) groups excluding carboxylic acids is 1. The van der Waals surface area contributed by atoms with Gasteiger partial charge in [-0.15, -0.1) is 0 Å². The molecule has 1 saturated carbocycles. The van der Waals surface area contributed by atoms with Crippen molar-refractivity contribution in [1.82, 2.24) is 5.32 Å². The predicted octanol–water partition coefficient (Wildman–Crippen LogP) is 7.53. The number of ether oxygens (including phenoxy) is 3. The minimum Gasteiger partial charge on any atom is -0.493 e. The smallest absolute Gasteiger partial charge is 0.387 e. The van der Waals surface area contributed by atoms with Gasteiger partial charge in [-0.1, -0.05) is 30.3 Å². The molecular formula is C36H35F2NO8S. The van der Waals surface area contributed by atoms with E-state index in [4.69, 9.17) is 14.6 Å². The summed E-state index contributed by atoms with van der Waals surface area (Å²) in [5.41, 5.74) is 4.26. The summed E-state index contributed by atoms with van der Waals surface area (Å²) in [5.74, 6) is -1.08. The minimum absolute atomic E-state index is 0.00946. The number of amides is 1. The zero-order valence-corrected chi connectivity index (χ0v) is 26.7. The van der Waals surface area contributed by atoms with Crippen LogP contribution in [-0.4, -0.2) is 47.4 Å². The van der Waals surface area contributed by atoms with Gasteiger partial charge in [-0.25, -0.2) is 0 Å². The molecule has 3 aromatic carbocycles. The minimum atomic E-state index is -2.99. The molecular weight excluding hydrogens is 644 g/mol. The van der Waals surface area contributed by atoms with Crippen LogP contribution in [0.2, 0.25) is 0 Å². The molecule has 0 unspecified atom stereocenters. The van der Waals surface area contributed by atoms with Gasteiger partial charge in [0, 0.05) is 30.5 Å². The second-order valence-corrected chi connectivity index (χ2v) is 12.2. The van der Waals surface area contributed by atoms with Gasteiger partial charge in [-0.3, -0.25) is 14.4 Å². The van der Waals surface area contributed by atoms with Gasteiger partial charge in [0.25, 0.3) is 5.91 Å². The molecule has 1 fully saturated rings. The Morgan fingerprint density at radius 3 is 2.42 bits per heavy atom. The van der Waals surface area contributed by atoms with E-state index in [-0.39, 0.29) is 50.2 Å². The summed E-state index contributed by atoms with van der Waals surface area (Å²) in [6.45, 7) is -2.80. The average molecular weight is 680 g/mol. The molecule has 1 aliphatic carbocycles. The molecule has 5 rings (SSSR count). The molecule has 9 nitrogen and oxygen atoms in total. The summed E-state index contributed by atoms with van der Waals surface area (Å²) in [4.78, 5) is 35.6. The van der Waals surface area contributed by atoms with Crippen molar-refractivity contribution in [3.63, 3.8) is 0 Å². The van der Waals surface area contributed by atoms with Gasteiger partial charge < -0.3 is 29.7 Å². The van der Waals surface area contributed by atoms with Crippen LogP contribution < -0.4 is 19.5 Å². The first-order valence-electron chi connectivity index (χ1n) is 15.5. The summed E-state index contributed by atoms with van der Waals surface area (Å²) in [7, 11) is 0. The first kappa shape index (κ1) is 34.4.